The van der Waals surface area contributed by atoms with Crippen LogP contribution < -0.4 is 5.32 Å². The van der Waals surface area contributed by atoms with Crippen molar-refractivity contribution in [3.63, 3.8) is 0 Å². The van der Waals surface area contributed by atoms with Gasteiger partial charge in [-0.05, 0) is 62.5 Å². The number of carbonyl (C=O) groups excluding carboxylic acids is 1. The fourth-order valence-corrected chi connectivity index (χ4v) is 4.40. The van der Waals surface area contributed by atoms with Crippen LogP contribution in [-0.4, -0.2) is 46.4 Å². The maximum atomic E-state index is 12.9. The molecule has 152 valence electrons. The van der Waals surface area contributed by atoms with Gasteiger partial charge in [0.15, 0.2) is 0 Å². The minimum absolute atomic E-state index is 0.0280. The molecule has 1 amide bonds. The molecule has 2 aromatic heterocycles. The summed E-state index contributed by atoms with van der Waals surface area (Å²) >= 11 is 0. The highest BCUT2D eigenvalue weighted by Gasteiger charge is 2.23. The number of nitrogens with one attached hydrogen (secondary N) is 1. The van der Waals surface area contributed by atoms with Gasteiger partial charge in [-0.25, -0.2) is 4.98 Å². The molecule has 5 nitrogen and oxygen atoms in total. The van der Waals surface area contributed by atoms with Crippen LogP contribution in [-0.2, 0) is 4.79 Å². The van der Waals surface area contributed by atoms with Gasteiger partial charge in [0.1, 0.15) is 5.65 Å². The van der Waals surface area contributed by atoms with Gasteiger partial charge in [0.05, 0.1) is 5.69 Å². The Morgan fingerprint density at radius 2 is 1.86 bits per heavy atom. The molecule has 5 heteroatoms. The first-order valence-corrected chi connectivity index (χ1v) is 10.6. The Morgan fingerprint density at radius 3 is 2.66 bits per heavy atom. The minimum Gasteiger partial charge on any atom is -0.355 e. The number of likely N-dealkylation sites (tertiary alicyclic amines) is 1. The highest BCUT2D eigenvalue weighted by molar-refractivity contribution is 5.77. The van der Waals surface area contributed by atoms with Crippen LogP contribution in [0.4, 0.5) is 0 Å². The van der Waals surface area contributed by atoms with E-state index in [-0.39, 0.29) is 11.8 Å². The number of rotatable bonds is 7. The highest BCUT2D eigenvalue weighted by atomic mass is 16.1. The van der Waals surface area contributed by atoms with Crippen molar-refractivity contribution in [3.8, 4) is 0 Å². The molecule has 1 fully saturated rings. The average Bonchev–Trinajstić information content (AvgIpc) is 3.37. The Balaban J connectivity index is 1.56. The van der Waals surface area contributed by atoms with Crippen LogP contribution in [0.1, 0.15) is 47.6 Å². The van der Waals surface area contributed by atoms with E-state index in [4.69, 9.17) is 0 Å². The van der Waals surface area contributed by atoms with E-state index in [0.717, 1.165) is 36.5 Å². The number of amides is 1. The molecule has 1 N–H and O–H groups in total. The number of nitrogens with zero attached hydrogens (tertiary/aromatic N) is 3. The quantitative estimate of drug-likeness (QED) is 0.669. The summed E-state index contributed by atoms with van der Waals surface area (Å²) in [5.41, 5.74) is 5.54. The monoisotopic (exact) mass is 390 g/mol. The fourth-order valence-electron chi connectivity index (χ4n) is 4.40. The van der Waals surface area contributed by atoms with Gasteiger partial charge in [-0.3, -0.25) is 4.79 Å². The van der Waals surface area contributed by atoms with Gasteiger partial charge in [-0.15, -0.1) is 0 Å². The molecule has 3 aromatic rings. The fraction of sp³-hybridized carbons (Fsp3) is 0.417. The van der Waals surface area contributed by atoms with Crippen molar-refractivity contribution in [2.24, 2.45) is 0 Å². The third-order valence-electron chi connectivity index (χ3n) is 6.02. The summed E-state index contributed by atoms with van der Waals surface area (Å²) in [6, 6.07) is 12.5. The molecule has 1 saturated heterocycles. The number of aryl methyl sites for hydroxylation is 2. The lowest BCUT2D eigenvalue weighted by Gasteiger charge is -2.20. The van der Waals surface area contributed by atoms with E-state index in [0.29, 0.717) is 13.0 Å². The molecule has 0 aliphatic carbocycles. The summed E-state index contributed by atoms with van der Waals surface area (Å²) < 4.78 is 2.13. The Bertz CT molecular complexity index is 987. The molecule has 4 rings (SSSR count). The normalized spacial score (nSPS) is 15.7. The largest absolute Gasteiger partial charge is 0.355 e. The van der Waals surface area contributed by atoms with E-state index in [9.17, 15) is 4.79 Å². The molecule has 1 aliphatic heterocycles. The molecule has 0 spiro atoms. The van der Waals surface area contributed by atoms with Gasteiger partial charge in [0.2, 0.25) is 5.91 Å². The van der Waals surface area contributed by atoms with Crippen molar-refractivity contribution < 1.29 is 4.79 Å². The molecule has 0 saturated carbocycles. The third kappa shape index (κ3) is 4.35. The van der Waals surface area contributed by atoms with Gasteiger partial charge >= 0.3 is 0 Å². The van der Waals surface area contributed by atoms with Crippen LogP contribution in [0.5, 0.6) is 0 Å². The molecule has 0 radical (unpaired) electrons. The smallest absolute Gasteiger partial charge is 0.221 e. The zero-order valence-corrected chi connectivity index (χ0v) is 17.4. The predicted octanol–water partition coefficient (Wildman–Crippen LogP) is 3.69. The summed E-state index contributed by atoms with van der Waals surface area (Å²) in [5, 5.41) is 3.14. The van der Waals surface area contributed by atoms with Gasteiger partial charge in [-0.1, -0.05) is 30.3 Å². The number of fused-ring (bicyclic) bond motifs is 1. The molecule has 1 aromatic carbocycles. The molecule has 1 aliphatic rings. The van der Waals surface area contributed by atoms with Crippen LogP contribution >= 0.6 is 0 Å². The number of benzene rings is 1. The highest BCUT2D eigenvalue weighted by Crippen LogP contribution is 2.31. The lowest BCUT2D eigenvalue weighted by atomic mass is 9.89. The number of hydrogen-bond acceptors (Lipinski definition) is 3. The number of pyridine rings is 1. The van der Waals surface area contributed by atoms with Gasteiger partial charge in [0, 0.05) is 37.8 Å². The maximum Gasteiger partial charge on any atom is 0.221 e. The van der Waals surface area contributed by atoms with E-state index in [1.807, 2.05) is 24.5 Å². The molecule has 1 unspecified atom stereocenters. The zero-order valence-electron chi connectivity index (χ0n) is 17.4. The minimum atomic E-state index is -0.0280. The summed E-state index contributed by atoms with van der Waals surface area (Å²) in [5.74, 6) is 0.0693. The van der Waals surface area contributed by atoms with E-state index >= 15 is 0 Å². The van der Waals surface area contributed by atoms with E-state index in [1.165, 1.54) is 24.0 Å². The van der Waals surface area contributed by atoms with E-state index in [2.05, 4.69) is 57.7 Å². The summed E-state index contributed by atoms with van der Waals surface area (Å²) in [6.07, 6.45) is 6.94. The second-order valence-electron chi connectivity index (χ2n) is 8.08. The van der Waals surface area contributed by atoms with Crippen LogP contribution in [0, 0.1) is 13.8 Å². The van der Waals surface area contributed by atoms with Gasteiger partial charge < -0.3 is 14.6 Å². The number of carbonyl (C=O) groups is 1. The summed E-state index contributed by atoms with van der Waals surface area (Å²) in [6.45, 7) is 8.15. The number of aromatic nitrogens is 2. The van der Waals surface area contributed by atoms with E-state index < -0.39 is 0 Å². The predicted molar refractivity (Wildman–Crippen MR) is 116 cm³/mol. The molecule has 1 atom stereocenters. The second kappa shape index (κ2) is 8.78. The second-order valence-corrected chi connectivity index (χ2v) is 8.08. The van der Waals surface area contributed by atoms with E-state index in [1.54, 1.807) is 0 Å². The summed E-state index contributed by atoms with van der Waals surface area (Å²) in [7, 11) is 0. The van der Waals surface area contributed by atoms with Gasteiger partial charge in [-0.2, -0.15) is 0 Å². The van der Waals surface area contributed by atoms with Crippen molar-refractivity contribution in [1.82, 2.24) is 19.6 Å². The standard InChI is InChI=1S/C24H30N4O/c1-18-8-3-4-10-20(18)21(16-23(29)25-11-15-27-12-5-6-13-27)22-17-26-24-19(2)9-7-14-28(22)24/h3-4,7-10,14,17,21H,5-6,11-13,15-16H2,1-2H3,(H,25,29). The zero-order chi connectivity index (χ0) is 20.2. The SMILES string of the molecule is Cc1ccccc1C(CC(=O)NCCN1CCCC1)c1cnc2c(C)cccn12. The van der Waals surface area contributed by atoms with Crippen LogP contribution in [0.15, 0.2) is 48.8 Å². The molecular weight excluding hydrogens is 360 g/mol. The Hall–Kier alpha value is -2.66. The summed E-state index contributed by atoms with van der Waals surface area (Å²) in [4.78, 5) is 19.9. The molecule has 29 heavy (non-hydrogen) atoms. The molecular formula is C24H30N4O. The van der Waals surface area contributed by atoms with Crippen molar-refractivity contribution in [2.45, 2.75) is 39.0 Å². The average molecular weight is 391 g/mol. The first-order chi connectivity index (χ1) is 14.1. The van der Waals surface area contributed by atoms with Crippen molar-refractivity contribution >= 4 is 11.6 Å². The first kappa shape index (κ1) is 19.6. The number of hydrogen-bond donors (Lipinski definition) is 1. The molecule has 0 bridgehead atoms. The van der Waals surface area contributed by atoms with Crippen LogP contribution in [0.3, 0.4) is 0 Å². The lowest BCUT2D eigenvalue weighted by Crippen LogP contribution is -2.34. The topological polar surface area (TPSA) is 49.6 Å². The lowest BCUT2D eigenvalue weighted by molar-refractivity contribution is -0.121. The van der Waals surface area contributed by atoms with Crippen molar-refractivity contribution in [3.05, 3.63) is 71.2 Å². The first-order valence-electron chi connectivity index (χ1n) is 10.6. The Kier molecular flexibility index (Phi) is 5.95. The van der Waals surface area contributed by atoms with Crippen molar-refractivity contribution in [1.29, 1.82) is 0 Å². The Labute approximate surface area is 172 Å². The van der Waals surface area contributed by atoms with Crippen LogP contribution in [0.25, 0.3) is 5.65 Å². The maximum absolute atomic E-state index is 12.9. The number of imidazole rings is 1. The molecule has 3 heterocycles. The third-order valence-corrected chi connectivity index (χ3v) is 6.02. The Morgan fingerprint density at radius 1 is 1.10 bits per heavy atom. The van der Waals surface area contributed by atoms with Gasteiger partial charge in [0.25, 0.3) is 0 Å². The van der Waals surface area contributed by atoms with Crippen LogP contribution in [0.2, 0.25) is 0 Å². The van der Waals surface area contributed by atoms with Crippen molar-refractivity contribution in [2.75, 3.05) is 26.2 Å².